The maximum Gasteiger partial charge on any atom is 0.191 e. The molecule has 0 bridgehead atoms. The lowest BCUT2D eigenvalue weighted by Crippen LogP contribution is -2.19. The average Bonchev–Trinajstić information content (AvgIpc) is 1.98. The Morgan fingerprint density at radius 3 is 2.25 bits per heavy atom. The second-order valence-corrected chi connectivity index (χ2v) is 4.41. The maximum atomic E-state index is 11.0. The zero-order valence-electron chi connectivity index (χ0n) is 8.39. The van der Waals surface area contributed by atoms with Gasteiger partial charge in [-0.2, -0.15) is 0 Å². The molecule has 0 aromatic carbocycles. The molecule has 1 nitrogen and oxygen atoms in total. The molecule has 0 atom stereocenters. The Balaban J connectivity index is 3.54. The summed E-state index contributed by atoms with van der Waals surface area (Å²) in [5.41, 5.74) is -0.225. The van der Waals surface area contributed by atoms with Crippen molar-refractivity contribution in [2.75, 3.05) is 0 Å². The molecule has 0 aliphatic rings. The molecule has 0 saturated heterocycles. The summed E-state index contributed by atoms with van der Waals surface area (Å²) in [6.07, 6.45) is 5.87. The third-order valence-corrected chi connectivity index (χ3v) is 2.84. The van der Waals surface area contributed by atoms with Crippen LogP contribution in [-0.2, 0) is 4.79 Å². The lowest BCUT2D eigenvalue weighted by Gasteiger charge is -2.19. The molecule has 72 valence electrons. The SMILES string of the molecule is CCCCCCC(C)(C)C(=O)S. The van der Waals surface area contributed by atoms with Crippen molar-refractivity contribution >= 4 is 17.7 Å². The fourth-order valence-corrected chi connectivity index (χ4v) is 1.21. The van der Waals surface area contributed by atoms with Crippen molar-refractivity contribution in [1.29, 1.82) is 0 Å². The van der Waals surface area contributed by atoms with E-state index in [1.54, 1.807) is 0 Å². The number of hydrogen-bond donors (Lipinski definition) is 1. The Hall–Kier alpha value is 0.0200. The molecule has 2 heteroatoms. The van der Waals surface area contributed by atoms with Gasteiger partial charge in [0.05, 0.1) is 0 Å². The van der Waals surface area contributed by atoms with Crippen LogP contribution in [0.5, 0.6) is 0 Å². The molecule has 12 heavy (non-hydrogen) atoms. The van der Waals surface area contributed by atoms with Gasteiger partial charge >= 0.3 is 0 Å². The molecule has 0 spiro atoms. The number of thiol groups is 1. The van der Waals surface area contributed by atoms with Crippen LogP contribution in [0.3, 0.4) is 0 Å². The van der Waals surface area contributed by atoms with E-state index in [4.69, 9.17) is 0 Å². The Bertz CT molecular complexity index is 141. The van der Waals surface area contributed by atoms with Gasteiger partial charge in [0.25, 0.3) is 0 Å². The van der Waals surface area contributed by atoms with Crippen LogP contribution >= 0.6 is 12.6 Å². The van der Waals surface area contributed by atoms with Gasteiger partial charge in [0, 0.05) is 5.41 Å². The molecular weight excluding hydrogens is 168 g/mol. The van der Waals surface area contributed by atoms with E-state index in [0.717, 1.165) is 12.8 Å². The van der Waals surface area contributed by atoms with E-state index in [9.17, 15) is 4.79 Å². The zero-order valence-corrected chi connectivity index (χ0v) is 9.29. The second-order valence-electron chi connectivity index (χ2n) is 4.00. The van der Waals surface area contributed by atoms with Gasteiger partial charge < -0.3 is 0 Å². The van der Waals surface area contributed by atoms with Gasteiger partial charge in [0.2, 0.25) is 0 Å². The van der Waals surface area contributed by atoms with Crippen LogP contribution in [0.15, 0.2) is 0 Å². The number of carbonyl (C=O) groups excluding carboxylic acids is 1. The Morgan fingerprint density at radius 2 is 1.83 bits per heavy atom. The molecule has 0 radical (unpaired) electrons. The largest absolute Gasteiger partial charge is 0.287 e. The summed E-state index contributed by atoms with van der Waals surface area (Å²) in [4.78, 5) is 11.0. The topological polar surface area (TPSA) is 17.1 Å². The molecule has 0 heterocycles. The van der Waals surface area contributed by atoms with Crippen molar-refractivity contribution in [1.82, 2.24) is 0 Å². The van der Waals surface area contributed by atoms with Crippen LogP contribution in [0.25, 0.3) is 0 Å². The van der Waals surface area contributed by atoms with E-state index in [1.165, 1.54) is 19.3 Å². The summed E-state index contributed by atoms with van der Waals surface area (Å²) in [7, 11) is 0. The van der Waals surface area contributed by atoms with Crippen LogP contribution in [0.2, 0.25) is 0 Å². The predicted octanol–water partition coefficient (Wildman–Crippen LogP) is 3.44. The van der Waals surface area contributed by atoms with Crippen molar-refractivity contribution < 1.29 is 4.79 Å². The van der Waals surface area contributed by atoms with E-state index in [-0.39, 0.29) is 10.5 Å². The molecular formula is C10H20OS. The van der Waals surface area contributed by atoms with E-state index < -0.39 is 0 Å². The minimum Gasteiger partial charge on any atom is -0.287 e. The molecule has 0 fully saturated rings. The second kappa shape index (κ2) is 5.63. The van der Waals surface area contributed by atoms with Crippen LogP contribution < -0.4 is 0 Å². The van der Waals surface area contributed by atoms with E-state index in [2.05, 4.69) is 19.6 Å². The molecule has 0 amide bonds. The maximum absolute atomic E-state index is 11.0. The number of rotatable bonds is 6. The Morgan fingerprint density at radius 1 is 1.25 bits per heavy atom. The molecule has 0 aliphatic carbocycles. The van der Waals surface area contributed by atoms with Gasteiger partial charge in [-0.3, -0.25) is 4.79 Å². The molecule has 0 N–H and O–H groups in total. The number of unbranched alkanes of at least 4 members (excludes halogenated alkanes) is 3. The molecule has 0 rings (SSSR count). The molecule has 0 saturated carbocycles. The van der Waals surface area contributed by atoms with Gasteiger partial charge in [-0.1, -0.05) is 46.5 Å². The first kappa shape index (κ1) is 12.0. The van der Waals surface area contributed by atoms with Crippen molar-refractivity contribution in [3.05, 3.63) is 0 Å². The average molecular weight is 188 g/mol. The van der Waals surface area contributed by atoms with Crippen LogP contribution in [0, 0.1) is 5.41 Å². The standard InChI is InChI=1S/C10H20OS/c1-4-5-6-7-8-10(2,3)9(11)12/h4-8H2,1-3H3,(H,11,12). The van der Waals surface area contributed by atoms with Gasteiger partial charge in [-0.25, -0.2) is 0 Å². The third-order valence-electron chi connectivity index (χ3n) is 2.23. The summed E-state index contributed by atoms with van der Waals surface area (Å²) in [5, 5.41) is 0.0130. The monoisotopic (exact) mass is 188 g/mol. The molecule has 0 unspecified atom stereocenters. The van der Waals surface area contributed by atoms with Gasteiger partial charge in [-0.15, -0.1) is 12.6 Å². The highest BCUT2D eigenvalue weighted by atomic mass is 32.1. The number of carbonyl (C=O) groups is 1. The highest BCUT2D eigenvalue weighted by Crippen LogP contribution is 2.26. The summed E-state index contributed by atoms with van der Waals surface area (Å²) in [6.45, 7) is 6.12. The van der Waals surface area contributed by atoms with Crippen LogP contribution in [-0.4, -0.2) is 5.12 Å². The highest BCUT2D eigenvalue weighted by molar-refractivity contribution is 7.96. The van der Waals surface area contributed by atoms with E-state index in [0.29, 0.717) is 0 Å². The quantitative estimate of drug-likeness (QED) is 0.499. The fourth-order valence-electron chi connectivity index (χ4n) is 1.10. The highest BCUT2D eigenvalue weighted by Gasteiger charge is 2.23. The Labute approximate surface area is 81.3 Å². The first-order chi connectivity index (χ1) is 5.50. The van der Waals surface area contributed by atoms with Crippen molar-refractivity contribution in [2.45, 2.75) is 52.9 Å². The molecule has 0 aromatic heterocycles. The lowest BCUT2D eigenvalue weighted by molar-refractivity contribution is -0.118. The predicted molar refractivity (Wildman–Crippen MR) is 56.5 cm³/mol. The van der Waals surface area contributed by atoms with Crippen molar-refractivity contribution in [3.63, 3.8) is 0 Å². The zero-order chi connectivity index (χ0) is 9.61. The van der Waals surface area contributed by atoms with Crippen LogP contribution in [0.4, 0.5) is 0 Å². The third kappa shape index (κ3) is 4.81. The fraction of sp³-hybridized carbons (Fsp3) is 0.900. The smallest absolute Gasteiger partial charge is 0.191 e. The normalized spacial score (nSPS) is 11.7. The van der Waals surface area contributed by atoms with Gasteiger partial charge in [-0.05, 0) is 6.42 Å². The van der Waals surface area contributed by atoms with E-state index in [1.807, 2.05) is 13.8 Å². The minimum absolute atomic E-state index is 0.0130. The Kier molecular flexibility index (Phi) is 5.64. The first-order valence-corrected chi connectivity index (χ1v) is 5.19. The summed E-state index contributed by atoms with van der Waals surface area (Å²) in [5.74, 6) is 0. The summed E-state index contributed by atoms with van der Waals surface area (Å²) < 4.78 is 0. The molecule has 0 aromatic rings. The summed E-state index contributed by atoms with van der Waals surface area (Å²) >= 11 is 3.86. The number of hydrogen-bond acceptors (Lipinski definition) is 1. The summed E-state index contributed by atoms with van der Waals surface area (Å²) in [6, 6.07) is 0. The van der Waals surface area contributed by atoms with Crippen molar-refractivity contribution in [3.8, 4) is 0 Å². The first-order valence-electron chi connectivity index (χ1n) is 4.74. The van der Waals surface area contributed by atoms with Crippen molar-refractivity contribution in [2.24, 2.45) is 5.41 Å². The van der Waals surface area contributed by atoms with E-state index >= 15 is 0 Å². The molecule has 0 aliphatic heterocycles. The van der Waals surface area contributed by atoms with Crippen LogP contribution in [0.1, 0.15) is 52.9 Å². The minimum atomic E-state index is -0.225. The van der Waals surface area contributed by atoms with Gasteiger partial charge in [0.1, 0.15) is 0 Å². The van der Waals surface area contributed by atoms with Gasteiger partial charge in [0.15, 0.2) is 5.12 Å². The lowest BCUT2D eigenvalue weighted by atomic mass is 9.88.